The number of nitrogens with zero attached hydrogens (tertiary/aromatic N) is 5. The molecule has 4 rings (SSSR count). The van der Waals surface area contributed by atoms with E-state index in [1.807, 2.05) is 37.2 Å². The molecular weight excluding hydrogens is 368 g/mol. The molecule has 1 aliphatic heterocycles. The minimum Gasteiger partial charge on any atom is -0.459 e. The van der Waals surface area contributed by atoms with Crippen LogP contribution in [0.15, 0.2) is 59.5 Å². The van der Waals surface area contributed by atoms with Crippen molar-refractivity contribution in [3.05, 3.63) is 60.8 Å². The van der Waals surface area contributed by atoms with Crippen LogP contribution >= 0.6 is 0 Å². The van der Waals surface area contributed by atoms with E-state index in [9.17, 15) is 4.79 Å². The summed E-state index contributed by atoms with van der Waals surface area (Å²) >= 11 is 0. The normalized spacial score (nSPS) is 14.0. The molecule has 1 N–H and O–H groups in total. The Balaban J connectivity index is 1.38. The van der Waals surface area contributed by atoms with Crippen molar-refractivity contribution in [3.8, 4) is 0 Å². The van der Waals surface area contributed by atoms with Crippen LogP contribution in [0.5, 0.6) is 0 Å². The lowest BCUT2D eigenvalue weighted by Crippen LogP contribution is -2.49. The predicted molar refractivity (Wildman–Crippen MR) is 113 cm³/mol. The quantitative estimate of drug-likeness (QED) is 0.715. The molecule has 0 spiro atoms. The Kier molecular flexibility index (Phi) is 5.33. The number of carbonyl (C=O) groups is 1. The van der Waals surface area contributed by atoms with Gasteiger partial charge in [-0.25, -0.2) is 9.97 Å². The molecule has 3 heterocycles. The number of hydrogen-bond acceptors (Lipinski definition) is 7. The van der Waals surface area contributed by atoms with E-state index in [1.165, 1.54) is 6.26 Å². The number of hydrogen-bond donors (Lipinski definition) is 1. The summed E-state index contributed by atoms with van der Waals surface area (Å²) in [6.45, 7) is 2.66. The molecule has 0 aliphatic carbocycles. The Bertz CT molecular complexity index is 948. The molecule has 3 aromatic rings. The molecule has 1 aromatic carbocycles. The van der Waals surface area contributed by atoms with E-state index in [4.69, 9.17) is 4.42 Å². The minimum absolute atomic E-state index is 0.0686. The number of rotatable bonds is 5. The molecule has 1 fully saturated rings. The van der Waals surface area contributed by atoms with Crippen molar-refractivity contribution in [1.82, 2.24) is 14.9 Å². The van der Waals surface area contributed by atoms with Crippen LogP contribution in [0.25, 0.3) is 0 Å². The van der Waals surface area contributed by atoms with Gasteiger partial charge in [-0.1, -0.05) is 0 Å². The van der Waals surface area contributed by atoms with Gasteiger partial charge in [-0.05, 0) is 36.4 Å². The number of piperazine rings is 1. The summed E-state index contributed by atoms with van der Waals surface area (Å²) in [5, 5.41) is 3.32. The van der Waals surface area contributed by atoms with Crippen molar-refractivity contribution >= 4 is 28.9 Å². The molecule has 2 aromatic heterocycles. The van der Waals surface area contributed by atoms with Gasteiger partial charge in [0, 0.05) is 57.7 Å². The van der Waals surface area contributed by atoms with E-state index in [-0.39, 0.29) is 5.91 Å². The number of nitrogens with one attached hydrogen (secondary N) is 1. The van der Waals surface area contributed by atoms with Gasteiger partial charge >= 0.3 is 0 Å². The number of furan rings is 1. The van der Waals surface area contributed by atoms with E-state index >= 15 is 0 Å². The van der Waals surface area contributed by atoms with Crippen LogP contribution in [0.1, 0.15) is 10.6 Å². The number of benzene rings is 1. The molecule has 0 radical (unpaired) electrons. The van der Waals surface area contributed by atoms with Gasteiger partial charge in [-0.15, -0.1) is 0 Å². The van der Waals surface area contributed by atoms with Crippen LogP contribution < -0.4 is 15.1 Å². The van der Waals surface area contributed by atoms with E-state index < -0.39 is 0 Å². The minimum atomic E-state index is -0.0686. The fourth-order valence-electron chi connectivity index (χ4n) is 3.27. The van der Waals surface area contributed by atoms with Crippen LogP contribution in [-0.4, -0.2) is 61.0 Å². The lowest BCUT2D eigenvalue weighted by molar-refractivity contribution is 0.0714. The van der Waals surface area contributed by atoms with Gasteiger partial charge in [0.1, 0.15) is 18.0 Å². The second-order valence-corrected chi connectivity index (χ2v) is 7.08. The number of anilines is 4. The van der Waals surface area contributed by atoms with Crippen molar-refractivity contribution in [2.24, 2.45) is 0 Å². The van der Waals surface area contributed by atoms with Crippen LogP contribution in [0.4, 0.5) is 23.0 Å². The van der Waals surface area contributed by atoms with E-state index in [0.717, 1.165) is 23.0 Å². The average Bonchev–Trinajstić information content (AvgIpc) is 3.29. The summed E-state index contributed by atoms with van der Waals surface area (Å²) in [5.41, 5.74) is 2.11. The molecule has 0 atom stereocenters. The Morgan fingerprint density at radius 1 is 1.07 bits per heavy atom. The SMILES string of the molecule is CN(C)c1ccc(Nc2cc(N3CCN(C(=O)c4ccco4)CC3)ncn2)cc1. The van der Waals surface area contributed by atoms with E-state index in [2.05, 4.69) is 37.2 Å². The molecule has 8 nitrogen and oxygen atoms in total. The fourth-order valence-corrected chi connectivity index (χ4v) is 3.27. The van der Waals surface area contributed by atoms with Gasteiger partial charge in [0.15, 0.2) is 5.76 Å². The summed E-state index contributed by atoms with van der Waals surface area (Å²) < 4.78 is 5.22. The highest BCUT2D eigenvalue weighted by molar-refractivity contribution is 5.91. The van der Waals surface area contributed by atoms with Gasteiger partial charge < -0.3 is 24.4 Å². The lowest BCUT2D eigenvalue weighted by atomic mass is 10.2. The zero-order valence-corrected chi connectivity index (χ0v) is 16.6. The molecule has 8 heteroatoms. The third-order valence-corrected chi connectivity index (χ3v) is 4.93. The average molecular weight is 392 g/mol. The summed E-state index contributed by atoms with van der Waals surface area (Å²) in [5.74, 6) is 1.90. The highest BCUT2D eigenvalue weighted by atomic mass is 16.3. The van der Waals surface area contributed by atoms with Gasteiger partial charge in [-0.3, -0.25) is 4.79 Å². The van der Waals surface area contributed by atoms with Crippen molar-refractivity contribution in [2.45, 2.75) is 0 Å². The van der Waals surface area contributed by atoms with Gasteiger partial charge in [0.2, 0.25) is 0 Å². The van der Waals surface area contributed by atoms with Crippen molar-refractivity contribution in [1.29, 1.82) is 0 Å². The molecule has 0 bridgehead atoms. The largest absolute Gasteiger partial charge is 0.459 e. The summed E-state index contributed by atoms with van der Waals surface area (Å²) in [7, 11) is 4.03. The predicted octanol–water partition coefficient (Wildman–Crippen LogP) is 2.84. The maximum Gasteiger partial charge on any atom is 0.289 e. The topological polar surface area (TPSA) is 77.7 Å². The van der Waals surface area contributed by atoms with E-state index in [1.54, 1.807) is 18.5 Å². The van der Waals surface area contributed by atoms with Gasteiger partial charge in [0.25, 0.3) is 5.91 Å². The van der Waals surface area contributed by atoms with E-state index in [0.29, 0.717) is 31.9 Å². The third-order valence-electron chi connectivity index (χ3n) is 4.93. The molecule has 1 saturated heterocycles. The maximum atomic E-state index is 12.4. The number of amides is 1. The smallest absolute Gasteiger partial charge is 0.289 e. The molecule has 0 unspecified atom stereocenters. The van der Waals surface area contributed by atoms with Crippen molar-refractivity contribution < 1.29 is 9.21 Å². The summed E-state index contributed by atoms with van der Waals surface area (Å²) in [6, 6.07) is 13.5. The molecular formula is C21H24N6O2. The molecule has 29 heavy (non-hydrogen) atoms. The van der Waals surface area contributed by atoms with Gasteiger partial charge in [-0.2, -0.15) is 0 Å². The van der Waals surface area contributed by atoms with Crippen LogP contribution in [0.3, 0.4) is 0 Å². The Hall–Kier alpha value is -3.55. The third kappa shape index (κ3) is 4.31. The zero-order chi connectivity index (χ0) is 20.2. The molecule has 1 amide bonds. The highest BCUT2D eigenvalue weighted by Gasteiger charge is 2.24. The second-order valence-electron chi connectivity index (χ2n) is 7.08. The monoisotopic (exact) mass is 392 g/mol. The van der Waals surface area contributed by atoms with Crippen LogP contribution in [0.2, 0.25) is 0 Å². The van der Waals surface area contributed by atoms with Crippen LogP contribution in [0, 0.1) is 0 Å². The first kappa shape index (κ1) is 18.8. The summed E-state index contributed by atoms with van der Waals surface area (Å²) in [4.78, 5) is 27.2. The number of aromatic nitrogens is 2. The fraction of sp³-hybridized carbons (Fsp3) is 0.286. The molecule has 1 aliphatic rings. The van der Waals surface area contributed by atoms with Crippen molar-refractivity contribution in [2.75, 3.05) is 55.4 Å². The van der Waals surface area contributed by atoms with Crippen molar-refractivity contribution in [3.63, 3.8) is 0 Å². The Morgan fingerprint density at radius 2 is 1.83 bits per heavy atom. The summed E-state index contributed by atoms with van der Waals surface area (Å²) in [6.07, 6.45) is 3.08. The Morgan fingerprint density at radius 3 is 2.48 bits per heavy atom. The molecule has 0 saturated carbocycles. The second kappa shape index (κ2) is 8.22. The Labute approximate surface area is 169 Å². The first-order valence-electron chi connectivity index (χ1n) is 9.54. The first-order valence-corrected chi connectivity index (χ1v) is 9.54. The van der Waals surface area contributed by atoms with Crippen LogP contribution in [-0.2, 0) is 0 Å². The maximum absolute atomic E-state index is 12.4. The molecule has 150 valence electrons. The highest BCUT2D eigenvalue weighted by Crippen LogP contribution is 2.22. The lowest BCUT2D eigenvalue weighted by Gasteiger charge is -2.35. The standard InChI is InChI=1S/C21H24N6O2/c1-25(2)17-7-5-16(6-8-17)24-19-14-20(23-15-22-19)26-9-11-27(12-10-26)21(28)18-4-3-13-29-18/h3-8,13-15H,9-12H2,1-2H3,(H,22,23,24). The number of carbonyl (C=O) groups excluding carboxylic acids is 1. The first-order chi connectivity index (χ1) is 14.1. The zero-order valence-electron chi connectivity index (χ0n) is 16.6. The van der Waals surface area contributed by atoms with Gasteiger partial charge in [0.05, 0.1) is 6.26 Å².